The van der Waals surface area contributed by atoms with Crippen molar-refractivity contribution in [1.29, 1.82) is 0 Å². The van der Waals surface area contributed by atoms with Crippen LogP contribution in [0, 0.1) is 11.8 Å². The summed E-state index contributed by atoms with van der Waals surface area (Å²) in [5.74, 6) is 1.18. The van der Waals surface area contributed by atoms with Crippen LogP contribution in [0.1, 0.15) is 30.6 Å². The van der Waals surface area contributed by atoms with Gasteiger partial charge in [-0.25, -0.2) is 0 Å². The minimum absolute atomic E-state index is 0.0663. The van der Waals surface area contributed by atoms with Crippen LogP contribution in [-0.2, 0) is 0 Å². The second-order valence-corrected chi connectivity index (χ2v) is 6.44. The van der Waals surface area contributed by atoms with E-state index in [4.69, 9.17) is 5.73 Å². The highest BCUT2D eigenvalue weighted by Crippen LogP contribution is 2.26. The Morgan fingerprint density at radius 1 is 1.10 bits per heavy atom. The Morgan fingerprint density at radius 2 is 1.67 bits per heavy atom. The van der Waals surface area contributed by atoms with E-state index < -0.39 is 0 Å². The van der Waals surface area contributed by atoms with E-state index in [0.29, 0.717) is 23.1 Å². The fraction of sp³-hybridized carbons (Fsp3) is 0.389. The number of likely N-dealkylation sites (tertiary alicyclic amines) is 1. The first-order valence-electron chi connectivity index (χ1n) is 7.62. The number of nitrogens with zero attached hydrogens (tertiary/aromatic N) is 1. The molecular weight excluding hydrogens is 260 g/mol. The van der Waals surface area contributed by atoms with Crippen molar-refractivity contribution in [3.63, 3.8) is 0 Å². The summed E-state index contributed by atoms with van der Waals surface area (Å²) in [5, 5.41) is 2.14. The van der Waals surface area contributed by atoms with Gasteiger partial charge in [0.05, 0.1) is 5.56 Å². The van der Waals surface area contributed by atoms with E-state index in [1.165, 1.54) is 6.42 Å². The van der Waals surface area contributed by atoms with Gasteiger partial charge in [-0.15, -0.1) is 0 Å². The standard InChI is InChI=1S/C18H22N2O/c1-12-7-13(2)11-20(10-12)18(21)16-8-14-5-3-4-6-15(14)9-17(16)19/h3-6,8-9,12-13H,7,10-11,19H2,1-2H3. The third-order valence-corrected chi connectivity index (χ3v) is 4.30. The van der Waals surface area contributed by atoms with E-state index in [1.807, 2.05) is 41.3 Å². The van der Waals surface area contributed by atoms with Crippen LogP contribution < -0.4 is 5.73 Å². The number of anilines is 1. The lowest BCUT2D eigenvalue weighted by Gasteiger charge is -2.35. The van der Waals surface area contributed by atoms with Crippen LogP contribution in [-0.4, -0.2) is 23.9 Å². The lowest BCUT2D eigenvalue weighted by Crippen LogP contribution is -2.42. The quantitative estimate of drug-likeness (QED) is 0.813. The van der Waals surface area contributed by atoms with Gasteiger partial charge in [-0.1, -0.05) is 38.1 Å². The molecule has 0 saturated carbocycles. The highest BCUT2D eigenvalue weighted by molar-refractivity contribution is 6.04. The van der Waals surface area contributed by atoms with Crippen LogP contribution in [0.5, 0.6) is 0 Å². The molecule has 1 fully saturated rings. The Morgan fingerprint density at radius 3 is 2.29 bits per heavy atom. The van der Waals surface area contributed by atoms with Gasteiger partial charge in [0.1, 0.15) is 0 Å². The van der Waals surface area contributed by atoms with E-state index in [0.717, 1.165) is 23.9 Å². The van der Waals surface area contributed by atoms with Gasteiger partial charge in [0, 0.05) is 18.8 Å². The summed E-state index contributed by atoms with van der Waals surface area (Å²) >= 11 is 0. The van der Waals surface area contributed by atoms with Crippen molar-refractivity contribution in [3.05, 3.63) is 42.0 Å². The Bertz CT molecular complexity index is 670. The molecule has 1 amide bonds. The molecule has 0 aromatic heterocycles. The molecule has 3 nitrogen and oxygen atoms in total. The maximum atomic E-state index is 12.8. The van der Waals surface area contributed by atoms with Gasteiger partial charge in [-0.3, -0.25) is 4.79 Å². The van der Waals surface area contributed by atoms with Crippen molar-refractivity contribution in [3.8, 4) is 0 Å². The number of carbonyl (C=O) groups is 1. The molecule has 1 aliphatic heterocycles. The van der Waals surface area contributed by atoms with Crippen LogP contribution in [0.25, 0.3) is 10.8 Å². The first-order chi connectivity index (χ1) is 10.0. The molecular formula is C18H22N2O. The van der Waals surface area contributed by atoms with Crippen molar-refractivity contribution in [2.24, 2.45) is 11.8 Å². The molecule has 3 heteroatoms. The number of benzene rings is 2. The number of nitrogen functional groups attached to an aromatic ring is 1. The zero-order chi connectivity index (χ0) is 15.0. The van der Waals surface area contributed by atoms with Gasteiger partial charge in [-0.05, 0) is 41.2 Å². The predicted molar refractivity (Wildman–Crippen MR) is 87.2 cm³/mol. The zero-order valence-electron chi connectivity index (χ0n) is 12.7. The molecule has 2 atom stereocenters. The van der Waals surface area contributed by atoms with Gasteiger partial charge in [0.15, 0.2) is 0 Å². The number of carbonyl (C=O) groups excluding carboxylic acids is 1. The number of rotatable bonds is 1. The summed E-state index contributed by atoms with van der Waals surface area (Å²) in [6.07, 6.45) is 1.19. The summed E-state index contributed by atoms with van der Waals surface area (Å²) in [6, 6.07) is 11.8. The van der Waals surface area contributed by atoms with Crippen molar-refractivity contribution in [2.75, 3.05) is 18.8 Å². The lowest BCUT2D eigenvalue weighted by molar-refractivity contribution is 0.0624. The van der Waals surface area contributed by atoms with Crippen molar-refractivity contribution < 1.29 is 4.79 Å². The molecule has 2 N–H and O–H groups in total. The fourth-order valence-electron chi connectivity index (χ4n) is 3.44. The van der Waals surface area contributed by atoms with E-state index in [2.05, 4.69) is 13.8 Å². The summed E-state index contributed by atoms with van der Waals surface area (Å²) in [4.78, 5) is 14.8. The average Bonchev–Trinajstić information content (AvgIpc) is 2.44. The molecule has 1 heterocycles. The van der Waals surface area contributed by atoms with E-state index in [1.54, 1.807) is 0 Å². The largest absolute Gasteiger partial charge is 0.398 e. The number of hydrogen-bond acceptors (Lipinski definition) is 2. The minimum Gasteiger partial charge on any atom is -0.398 e. The molecule has 110 valence electrons. The second kappa shape index (κ2) is 5.40. The van der Waals surface area contributed by atoms with Crippen molar-refractivity contribution in [1.82, 2.24) is 4.90 Å². The first kappa shape index (κ1) is 13.9. The number of amides is 1. The molecule has 3 rings (SSSR count). The van der Waals surface area contributed by atoms with E-state index >= 15 is 0 Å². The first-order valence-corrected chi connectivity index (χ1v) is 7.62. The molecule has 0 spiro atoms. The molecule has 0 aliphatic carbocycles. The van der Waals surface area contributed by atoms with E-state index in [-0.39, 0.29) is 5.91 Å². The molecule has 2 unspecified atom stereocenters. The fourth-order valence-corrected chi connectivity index (χ4v) is 3.44. The van der Waals surface area contributed by atoms with Crippen LogP contribution in [0.3, 0.4) is 0 Å². The van der Waals surface area contributed by atoms with Crippen molar-refractivity contribution >= 4 is 22.4 Å². The van der Waals surface area contributed by atoms with Gasteiger partial charge in [0.2, 0.25) is 0 Å². The second-order valence-electron chi connectivity index (χ2n) is 6.44. The summed E-state index contributed by atoms with van der Waals surface area (Å²) in [7, 11) is 0. The Hall–Kier alpha value is -2.03. The number of piperidine rings is 1. The van der Waals surface area contributed by atoms with Crippen LogP contribution >= 0.6 is 0 Å². The molecule has 21 heavy (non-hydrogen) atoms. The Balaban J connectivity index is 1.95. The van der Waals surface area contributed by atoms with Crippen LogP contribution in [0.15, 0.2) is 36.4 Å². The van der Waals surface area contributed by atoms with Gasteiger partial charge in [-0.2, -0.15) is 0 Å². The monoisotopic (exact) mass is 282 g/mol. The summed E-state index contributed by atoms with van der Waals surface area (Å²) in [6.45, 7) is 6.07. The summed E-state index contributed by atoms with van der Waals surface area (Å²) in [5.41, 5.74) is 7.32. The maximum Gasteiger partial charge on any atom is 0.255 e. The average molecular weight is 282 g/mol. The Labute approximate surface area is 125 Å². The topological polar surface area (TPSA) is 46.3 Å². The van der Waals surface area contributed by atoms with Gasteiger partial charge >= 0.3 is 0 Å². The maximum absolute atomic E-state index is 12.8. The number of nitrogens with two attached hydrogens (primary N) is 1. The third-order valence-electron chi connectivity index (χ3n) is 4.30. The third kappa shape index (κ3) is 2.73. The normalized spacial score (nSPS) is 22.5. The molecule has 0 bridgehead atoms. The van der Waals surface area contributed by atoms with Crippen molar-refractivity contribution in [2.45, 2.75) is 20.3 Å². The highest BCUT2D eigenvalue weighted by Gasteiger charge is 2.27. The van der Waals surface area contributed by atoms with Crippen LogP contribution in [0.4, 0.5) is 5.69 Å². The highest BCUT2D eigenvalue weighted by atomic mass is 16.2. The lowest BCUT2D eigenvalue weighted by atomic mass is 9.91. The van der Waals surface area contributed by atoms with Gasteiger partial charge < -0.3 is 10.6 Å². The molecule has 2 aromatic carbocycles. The number of fused-ring (bicyclic) bond motifs is 1. The van der Waals surface area contributed by atoms with Crippen LogP contribution in [0.2, 0.25) is 0 Å². The summed E-state index contributed by atoms with van der Waals surface area (Å²) < 4.78 is 0. The SMILES string of the molecule is CC1CC(C)CN(C(=O)c2cc3ccccc3cc2N)C1. The number of hydrogen-bond donors (Lipinski definition) is 1. The minimum atomic E-state index is 0.0663. The zero-order valence-corrected chi connectivity index (χ0v) is 12.7. The smallest absolute Gasteiger partial charge is 0.255 e. The van der Waals surface area contributed by atoms with E-state index in [9.17, 15) is 4.79 Å². The molecule has 1 aliphatic rings. The van der Waals surface area contributed by atoms with Gasteiger partial charge in [0.25, 0.3) is 5.91 Å². The predicted octanol–water partition coefficient (Wildman–Crippen LogP) is 3.54. The molecule has 1 saturated heterocycles. The molecule has 2 aromatic rings. The molecule has 0 radical (unpaired) electrons. The Kier molecular flexibility index (Phi) is 3.58.